The molecule has 2 saturated heterocycles. The van der Waals surface area contributed by atoms with Crippen LogP contribution < -0.4 is 9.80 Å². The Morgan fingerprint density at radius 1 is 1.20 bits per heavy atom. The molecule has 3 heterocycles. The molecule has 186 valence electrons. The minimum absolute atomic E-state index is 0.0864. The third-order valence-corrected chi connectivity index (χ3v) is 8.05. The van der Waals surface area contributed by atoms with Gasteiger partial charge < -0.3 is 10.0 Å². The van der Waals surface area contributed by atoms with Gasteiger partial charge in [-0.3, -0.25) is 19.4 Å². The van der Waals surface area contributed by atoms with Gasteiger partial charge in [0, 0.05) is 36.3 Å². The molecule has 2 aromatic rings. The number of likely N-dealkylation sites (tertiary alicyclic amines) is 1. The summed E-state index contributed by atoms with van der Waals surface area (Å²) in [5.74, 6) is -0.512. The molecule has 2 fully saturated rings. The first-order valence-electron chi connectivity index (χ1n) is 12.3. The summed E-state index contributed by atoms with van der Waals surface area (Å²) in [5.41, 5.74) is 3.85. The Morgan fingerprint density at radius 2 is 1.94 bits per heavy atom. The van der Waals surface area contributed by atoms with Crippen molar-refractivity contribution < 1.29 is 19.5 Å². The van der Waals surface area contributed by atoms with E-state index in [0.717, 1.165) is 29.8 Å². The average Bonchev–Trinajstić information content (AvgIpc) is 3.37. The van der Waals surface area contributed by atoms with E-state index in [2.05, 4.69) is 30.8 Å². The Balaban J connectivity index is 1.37. The second-order valence-corrected chi connectivity index (χ2v) is 10.4. The van der Waals surface area contributed by atoms with Crippen LogP contribution in [0.2, 0.25) is 0 Å². The molecule has 5 rings (SSSR count). The Hall–Kier alpha value is -3.10. The maximum Gasteiger partial charge on any atom is 0.412 e. The topological polar surface area (TPSA) is 76.6 Å². The molecule has 0 spiro atoms. The highest BCUT2D eigenvalue weighted by atomic mass is 16.7. The number of carboxylic acid groups (broad SMARTS) is 1. The Bertz CT molecular complexity index is 1130. The fourth-order valence-corrected chi connectivity index (χ4v) is 6.35. The standard InChI is InChI=1S/C27H34N4O4/c1-18-17-30(35-15-12-19-8-6-5-7-9-19)24(32)23(18)31(26(33)34)20-10-11-22-21(16-20)27(2)13-14-28(3)25(27)29(22)4/h5-11,16,18,23,25H,12-15,17H2,1-4H3,(H,33,34)/t18?,23?,25?,27-/m0/s1. The van der Waals surface area contributed by atoms with Gasteiger partial charge in [0.25, 0.3) is 5.91 Å². The molecule has 2 amide bonds. The number of carbonyl (C=O) groups is 2. The fraction of sp³-hybridized carbons (Fsp3) is 0.481. The van der Waals surface area contributed by atoms with Crippen LogP contribution in [0, 0.1) is 5.92 Å². The van der Waals surface area contributed by atoms with Crippen molar-refractivity contribution >= 4 is 23.4 Å². The summed E-state index contributed by atoms with van der Waals surface area (Å²) in [6.45, 7) is 5.87. The molecule has 4 atom stereocenters. The van der Waals surface area contributed by atoms with E-state index in [-0.39, 0.29) is 23.4 Å². The van der Waals surface area contributed by atoms with Gasteiger partial charge in [-0.15, -0.1) is 0 Å². The largest absolute Gasteiger partial charge is 0.465 e. The number of hydroxylamine groups is 2. The Morgan fingerprint density at radius 3 is 2.66 bits per heavy atom. The molecule has 35 heavy (non-hydrogen) atoms. The summed E-state index contributed by atoms with van der Waals surface area (Å²) in [5, 5.41) is 11.6. The van der Waals surface area contributed by atoms with E-state index < -0.39 is 12.1 Å². The summed E-state index contributed by atoms with van der Waals surface area (Å²) in [4.78, 5) is 37.5. The second-order valence-electron chi connectivity index (χ2n) is 10.4. The summed E-state index contributed by atoms with van der Waals surface area (Å²) in [6.07, 6.45) is 0.798. The van der Waals surface area contributed by atoms with Crippen molar-refractivity contribution in [1.82, 2.24) is 9.96 Å². The van der Waals surface area contributed by atoms with Crippen molar-refractivity contribution in [2.24, 2.45) is 5.92 Å². The molecule has 8 nitrogen and oxygen atoms in total. The average molecular weight is 479 g/mol. The number of fused-ring (bicyclic) bond motifs is 3. The molecule has 0 aliphatic carbocycles. The quantitative estimate of drug-likeness (QED) is 0.684. The van der Waals surface area contributed by atoms with Gasteiger partial charge in [0.05, 0.1) is 19.3 Å². The van der Waals surface area contributed by atoms with Gasteiger partial charge in [0.2, 0.25) is 0 Å². The molecule has 3 unspecified atom stereocenters. The number of likely N-dealkylation sites (N-methyl/N-ethyl adjacent to an activating group) is 2. The molecule has 3 aliphatic rings. The zero-order chi connectivity index (χ0) is 24.9. The van der Waals surface area contributed by atoms with E-state index in [9.17, 15) is 14.7 Å². The molecule has 0 bridgehead atoms. The maximum absolute atomic E-state index is 13.3. The van der Waals surface area contributed by atoms with Gasteiger partial charge in [0.1, 0.15) is 6.04 Å². The first kappa shape index (κ1) is 23.6. The lowest BCUT2D eigenvalue weighted by molar-refractivity contribution is -0.178. The van der Waals surface area contributed by atoms with Crippen LogP contribution in [0.3, 0.4) is 0 Å². The summed E-state index contributed by atoms with van der Waals surface area (Å²) >= 11 is 0. The monoisotopic (exact) mass is 478 g/mol. The Labute approximate surface area is 206 Å². The maximum atomic E-state index is 13.3. The van der Waals surface area contributed by atoms with E-state index in [0.29, 0.717) is 25.3 Å². The van der Waals surface area contributed by atoms with E-state index >= 15 is 0 Å². The van der Waals surface area contributed by atoms with Crippen LogP contribution in [0.25, 0.3) is 0 Å². The van der Waals surface area contributed by atoms with Crippen molar-refractivity contribution in [1.29, 1.82) is 0 Å². The van der Waals surface area contributed by atoms with Crippen LogP contribution in [0.1, 0.15) is 31.4 Å². The van der Waals surface area contributed by atoms with E-state index in [1.54, 1.807) is 0 Å². The van der Waals surface area contributed by atoms with Gasteiger partial charge in [0.15, 0.2) is 0 Å². The number of hydrogen-bond donors (Lipinski definition) is 1. The highest BCUT2D eigenvalue weighted by Gasteiger charge is 2.53. The number of carbonyl (C=O) groups excluding carboxylic acids is 1. The van der Waals surface area contributed by atoms with Crippen molar-refractivity contribution in [3.05, 3.63) is 59.7 Å². The van der Waals surface area contributed by atoms with Crippen LogP contribution in [-0.2, 0) is 21.5 Å². The lowest BCUT2D eigenvalue weighted by Crippen LogP contribution is -2.47. The van der Waals surface area contributed by atoms with E-state index in [4.69, 9.17) is 4.84 Å². The molecule has 8 heteroatoms. The SMILES string of the molecule is CC1CN(OCCc2ccccc2)C(=O)C1N(C(=O)O)c1ccc2c(c1)[C@]1(C)CCN(C)C1N2C. The lowest BCUT2D eigenvalue weighted by atomic mass is 9.81. The smallest absolute Gasteiger partial charge is 0.412 e. The third kappa shape index (κ3) is 3.85. The minimum atomic E-state index is -1.13. The van der Waals surface area contributed by atoms with Gasteiger partial charge >= 0.3 is 6.09 Å². The van der Waals surface area contributed by atoms with E-state index in [1.165, 1.54) is 9.96 Å². The first-order chi connectivity index (χ1) is 16.7. The first-order valence-corrected chi connectivity index (χ1v) is 12.3. The molecule has 0 aromatic heterocycles. The predicted molar refractivity (Wildman–Crippen MR) is 134 cm³/mol. The number of benzene rings is 2. The van der Waals surface area contributed by atoms with Crippen molar-refractivity contribution in [2.45, 2.75) is 44.3 Å². The fourth-order valence-electron chi connectivity index (χ4n) is 6.35. The lowest BCUT2D eigenvalue weighted by Gasteiger charge is -2.32. The summed E-state index contributed by atoms with van der Waals surface area (Å²) < 4.78 is 0. The number of anilines is 2. The molecular weight excluding hydrogens is 444 g/mol. The molecule has 0 radical (unpaired) electrons. The van der Waals surface area contributed by atoms with E-state index in [1.807, 2.05) is 55.5 Å². The van der Waals surface area contributed by atoms with Gasteiger partial charge in [-0.25, -0.2) is 9.86 Å². The van der Waals surface area contributed by atoms with Gasteiger partial charge in [-0.05, 0) is 49.2 Å². The summed E-state index contributed by atoms with van der Waals surface area (Å²) in [7, 11) is 4.23. The van der Waals surface area contributed by atoms with Crippen molar-refractivity contribution in [3.63, 3.8) is 0 Å². The number of rotatable bonds is 6. The summed E-state index contributed by atoms with van der Waals surface area (Å²) in [6, 6.07) is 14.9. The normalized spacial score (nSPS) is 27.9. The third-order valence-electron chi connectivity index (χ3n) is 8.05. The number of nitrogens with zero attached hydrogens (tertiary/aromatic N) is 4. The second kappa shape index (κ2) is 8.84. The predicted octanol–water partition coefficient (Wildman–Crippen LogP) is 3.56. The molecule has 0 saturated carbocycles. The van der Waals surface area contributed by atoms with Crippen LogP contribution in [0.5, 0.6) is 0 Å². The highest BCUT2D eigenvalue weighted by molar-refractivity contribution is 5.98. The number of hydrogen-bond acceptors (Lipinski definition) is 5. The zero-order valence-corrected chi connectivity index (χ0v) is 20.8. The van der Waals surface area contributed by atoms with Gasteiger partial charge in [-0.1, -0.05) is 44.2 Å². The minimum Gasteiger partial charge on any atom is -0.465 e. The zero-order valence-electron chi connectivity index (χ0n) is 20.8. The van der Waals surface area contributed by atoms with Crippen LogP contribution in [-0.4, -0.2) is 73.1 Å². The highest BCUT2D eigenvalue weighted by Crippen LogP contribution is 2.52. The van der Waals surface area contributed by atoms with Gasteiger partial charge in [-0.2, -0.15) is 0 Å². The number of amides is 2. The van der Waals surface area contributed by atoms with Crippen LogP contribution in [0.15, 0.2) is 48.5 Å². The van der Waals surface area contributed by atoms with Crippen LogP contribution >= 0.6 is 0 Å². The molecule has 3 aliphatic heterocycles. The molecule has 1 N–H and O–H groups in total. The van der Waals surface area contributed by atoms with Crippen molar-refractivity contribution in [3.8, 4) is 0 Å². The molecular formula is C27H34N4O4. The Kier molecular flexibility index (Phi) is 5.97. The van der Waals surface area contributed by atoms with Crippen LogP contribution in [0.4, 0.5) is 16.2 Å². The molecule has 2 aromatic carbocycles. The van der Waals surface area contributed by atoms with Crippen molar-refractivity contribution in [2.75, 3.05) is 43.6 Å².